The molecule has 5 heteroatoms. The van der Waals surface area contributed by atoms with Crippen LogP contribution >= 0.6 is 0 Å². The molecule has 0 aromatic heterocycles. The van der Waals surface area contributed by atoms with Crippen LogP contribution in [0.5, 0.6) is 0 Å². The van der Waals surface area contributed by atoms with Crippen LogP contribution in [0.25, 0.3) is 0 Å². The number of carbonyl (C=O) groups is 2. The smallest absolute Gasteiger partial charge is 0.320 e. The summed E-state index contributed by atoms with van der Waals surface area (Å²) < 4.78 is 4.98. The van der Waals surface area contributed by atoms with E-state index in [1.54, 1.807) is 6.92 Å². The van der Waals surface area contributed by atoms with E-state index in [4.69, 9.17) is 4.74 Å². The first kappa shape index (κ1) is 18.0. The van der Waals surface area contributed by atoms with Gasteiger partial charge in [-0.05, 0) is 33.6 Å². The molecule has 1 rings (SSSR count). The number of hydrogen-bond acceptors (Lipinski definition) is 4. The van der Waals surface area contributed by atoms with Crippen LogP contribution in [-0.2, 0) is 14.3 Å². The Morgan fingerprint density at radius 2 is 1.62 bits per heavy atom. The van der Waals surface area contributed by atoms with E-state index < -0.39 is 0 Å². The molecule has 0 spiro atoms. The molecule has 5 nitrogen and oxygen atoms in total. The maximum absolute atomic E-state index is 12.4. The first-order valence-electron chi connectivity index (χ1n) is 8.22. The fourth-order valence-electron chi connectivity index (χ4n) is 2.56. The molecule has 0 radical (unpaired) electrons. The zero-order chi connectivity index (χ0) is 15.7. The SMILES string of the molecule is CCOC(=O)CN(CC(=O)N1CCCCCCC1)C(C)C. The molecule has 122 valence electrons. The Morgan fingerprint density at radius 3 is 2.14 bits per heavy atom. The molecule has 0 aliphatic carbocycles. The Hall–Kier alpha value is -1.10. The molecule has 1 aliphatic rings. The van der Waals surface area contributed by atoms with Gasteiger partial charge >= 0.3 is 5.97 Å². The highest BCUT2D eigenvalue weighted by atomic mass is 16.5. The van der Waals surface area contributed by atoms with Gasteiger partial charge in [-0.25, -0.2) is 0 Å². The number of hydrogen-bond donors (Lipinski definition) is 0. The van der Waals surface area contributed by atoms with Gasteiger partial charge in [-0.15, -0.1) is 0 Å². The number of carbonyl (C=O) groups excluding carboxylic acids is 2. The van der Waals surface area contributed by atoms with E-state index in [1.165, 1.54) is 19.3 Å². The van der Waals surface area contributed by atoms with Gasteiger partial charge in [0.1, 0.15) is 0 Å². The molecular formula is C16H30N2O3. The first-order valence-corrected chi connectivity index (χ1v) is 8.22. The molecule has 0 atom stereocenters. The lowest BCUT2D eigenvalue weighted by molar-refractivity contribution is -0.145. The first-order chi connectivity index (χ1) is 10.0. The van der Waals surface area contributed by atoms with Crippen molar-refractivity contribution >= 4 is 11.9 Å². The number of esters is 1. The monoisotopic (exact) mass is 298 g/mol. The fraction of sp³-hybridized carbons (Fsp3) is 0.875. The van der Waals surface area contributed by atoms with Gasteiger partial charge in [-0.1, -0.05) is 19.3 Å². The van der Waals surface area contributed by atoms with Crippen molar-refractivity contribution in [2.75, 3.05) is 32.8 Å². The van der Waals surface area contributed by atoms with Crippen LogP contribution in [0.2, 0.25) is 0 Å². The summed E-state index contributed by atoms with van der Waals surface area (Å²) in [6, 6.07) is 0.146. The minimum absolute atomic E-state index is 0.134. The van der Waals surface area contributed by atoms with Crippen molar-refractivity contribution in [1.82, 2.24) is 9.80 Å². The summed E-state index contributed by atoms with van der Waals surface area (Å²) in [6.45, 7) is 8.36. The standard InChI is InChI=1S/C16H30N2O3/c1-4-21-16(20)13-18(14(2)3)12-15(19)17-10-8-6-5-7-9-11-17/h14H,4-13H2,1-3H3. The summed E-state index contributed by atoms with van der Waals surface area (Å²) in [4.78, 5) is 27.9. The summed E-state index contributed by atoms with van der Waals surface area (Å²) >= 11 is 0. The van der Waals surface area contributed by atoms with E-state index in [9.17, 15) is 9.59 Å². The average molecular weight is 298 g/mol. The molecule has 0 N–H and O–H groups in total. The van der Waals surface area contributed by atoms with E-state index in [1.807, 2.05) is 23.6 Å². The molecule has 0 aromatic carbocycles. The second-order valence-corrected chi connectivity index (χ2v) is 5.95. The summed E-state index contributed by atoms with van der Waals surface area (Å²) in [5, 5.41) is 0. The van der Waals surface area contributed by atoms with Gasteiger partial charge < -0.3 is 9.64 Å². The third-order valence-electron chi connectivity index (χ3n) is 3.91. The minimum atomic E-state index is -0.258. The zero-order valence-electron chi connectivity index (χ0n) is 13.8. The second kappa shape index (κ2) is 9.77. The highest BCUT2D eigenvalue weighted by Gasteiger charge is 2.22. The van der Waals surface area contributed by atoms with Crippen molar-refractivity contribution in [3.05, 3.63) is 0 Å². The molecule has 1 amide bonds. The Labute approximate surface area is 128 Å². The maximum Gasteiger partial charge on any atom is 0.320 e. The van der Waals surface area contributed by atoms with E-state index in [2.05, 4.69) is 0 Å². The van der Waals surface area contributed by atoms with Crippen molar-refractivity contribution in [3.8, 4) is 0 Å². The molecule has 0 saturated carbocycles. The van der Waals surface area contributed by atoms with Crippen LogP contribution in [0, 0.1) is 0 Å². The van der Waals surface area contributed by atoms with E-state index in [0.29, 0.717) is 13.2 Å². The Kier molecular flexibility index (Phi) is 8.35. The zero-order valence-corrected chi connectivity index (χ0v) is 13.8. The summed E-state index contributed by atoms with van der Waals surface area (Å²) in [6.07, 6.45) is 5.88. The number of amides is 1. The molecular weight excluding hydrogens is 268 g/mol. The summed E-state index contributed by atoms with van der Waals surface area (Å²) in [7, 11) is 0. The normalized spacial score (nSPS) is 16.7. The lowest BCUT2D eigenvalue weighted by Gasteiger charge is -2.30. The van der Waals surface area contributed by atoms with Gasteiger partial charge in [-0.3, -0.25) is 14.5 Å². The van der Waals surface area contributed by atoms with Crippen LogP contribution in [0.4, 0.5) is 0 Å². The molecule has 1 saturated heterocycles. The maximum atomic E-state index is 12.4. The Bertz CT molecular complexity index is 323. The topological polar surface area (TPSA) is 49.9 Å². The Balaban J connectivity index is 2.51. The summed E-state index contributed by atoms with van der Waals surface area (Å²) in [5.41, 5.74) is 0. The van der Waals surface area contributed by atoms with Crippen LogP contribution in [0.3, 0.4) is 0 Å². The molecule has 21 heavy (non-hydrogen) atoms. The number of likely N-dealkylation sites (tertiary alicyclic amines) is 1. The van der Waals surface area contributed by atoms with Crippen molar-refractivity contribution in [2.24, 2.45) is 0 Å². The lowest BCUT2D eigenvalue weighted by atomic mass is 10.1. The van der Waals surface area contributed by atoms with Crippen molar-refractivity contribution in [2.45, 2.75) is 58.9 Å². The van der Waals surface area contributed by atoms with E-state index >= 15 is 0 Å². The fourth-order valence-corrected chi connectivity index (χ4v) is 2.56. The highest BCUT2D eigenvalue weighted by Crippen LogP contribution is 2.11. The quantitative estimate of drug-likeness (QED) is 0.704. The van der Waals surface area contributed by atoms with Crippen LogP contribution < -0.4 is 0 Å². The number of nitrogens with zero attached hydrogens (tertiary/aromatic N) is 2. The summed E-state index contributed by atoms with van der Waals surface area (Å²) in [5.74, 6) is -0.124. The van der Waals surface area contributed by atoms with Gasteiger partial charge in [0.15, 0.2) is 0 Å². The molecule has 1 aliphatic heterocycles. The van der Waals surface area contributed by atoms with E-state index in [0.717, 1.165) is 25.9 Å². The third kappa shape index (κ3) is 6.93. The predicted molar refractivity (Wildman–Crippen MR) is 83.0 cm³/mol. The van der Waals surface area contributed by atoms with Gasteiger partial charge in [0.05, 0.1) is 19.7 Å². The van der Waals surface area contributed by atoms with Crippen LogP contribution in [0.15, 0.2) is 0 Å². The third-order valence-corrected chi connectivity index (χ3v) is 3.91. The second-order valence-electron chi connectivity index (χ2n) is 5.95. The minimum Gasteiger partial charge on any atom is -0.465 e. The predicted octanol–water partition coefficient (Wildman–Crippen LogP) is 2.05. The lowest BCUT2D eigenvalue weighted by Crippen LogP contribution is -2.46. The largest absolute Gasteiger partial charge is 0.465 e. The molecule has 0 aromatic rings. The van der Waals surface area contributed by atoms with Crippen molar-refractivity contribution in [1.29, 1.82) is 0 Å². The van der Waals surface area contributed by atoms with Crippen molar-refractivity contribution in [3.63, 3.8) is 0 Å². The molecule has 0 bridgehead atoms. The van der Waals surface area contributed by atoms with E-state index in [-0.39, 0.29) is 24.5 Å². The number of ether oxygens (including phenoxy) is 1. The van der Waals surface area contributed by atoms with Crippen LogP contribution in [0.1, 0.15) is 52.9 Å². The number of rotatable bonds is 6. The molecule has 0 unspecified atom stereocenters. The van der Waals surface area contributed by atoms with Crippen LogP contribution in [-0.4, -0.2) is 60.5 Å². The average Bonchev–Trinajstić information content (AvgIpc) is 2.37. The molecule has 1 fully saturated rings. The van der Waals surface area contributed by atoms with Gasteiger partial charge in [0.25, 0.3) is 0 Å². The Morgan fingerprint density at radius 1 is 1.05 bits per heavy atom. The molecule has 1 heterocycles. The van der Waals surface area contributed by atoms with Gasteiger partial charge in [0.2, 0.25) is 5.91 Å². The van der Waals surface area contributed by atoms with Gasteiger partial charge in [-0.2, -0.15) is 0 Å². The van der Waals surface area contributed by atoms with Gasteiger partial charge in [0, 0.05) is 19.1 Å². The highest BCUT2D eigenvalue weighted by molar-refractivity contribution is 5.79. The van der Waals surface area contributed by atoms with Crippen molar-refractivity contribution < 1.29 is 14.3 Å².